The Kier molecular flexibility index (Phi) is 2.75. The molecular formula is C10H12BrN3O. The SMILES string of the molecule is CN1C(=O)CC(N)C1c1cncc(Br)c1. The number of amides is 1. The van der Waals surface area contributed by atoms with E-state index in [1.165, 1.54) is 0 Å². The van der Waals surface area contributed by atoms with E-state index in [2.05, 4.69) is 20.9 Å². The number of carbonyl (C=O) groups is 1. The third-order valence-corrected chi connectivity index (χ3v) is 3.13. The van der Waals surface area contributed by atoms with Crippen LogP contribution in [0.15, 0.2) is 22.9 Å². The number of rotatable bonds is 1. The molecule has 80 valence electrons. The van der Waals surface area contributed by atoms with Gasteiger partial charge in [-0.2, -0.15) is 0 Å². The highest BCUT2D eigenvalue weighted by Crippen LogP contribution is 2.31. The number of carbonyl (C=O) groups excluding carboxylic acids is 1. The largest absolute Gasteiger partial charge is 0.337 e. The highest BCUT2D eigenvalue weighted by molar-refractivity contribution is 9.10. The number of aromatic nitrogens is 1. The van der Waals surface area contributed by atoms with Crippen LogP contribution in [0.25, 0.3) is 0 Å². The summed E-state index contributed by atoms with van der Waals surface area (Å²) in [6.07, 6.45) is 3.88. The lowest BCUT2D eigenvalue weighted by atomic mass is 10.0. The molecule has 1 saturated heterocycles. The van der Waals surface area contributed by atoms with Gasteiger partial charge in [-0.25, -0.2) is 0 Å². The lowest BCUT2D eigenvalue weighted by Crippen LogP contribution is -2.30. The molecule has 0 radical (unpaired) electrons. The molecule has 0 aromatic carbocycles. The average molecular weight is 270 g/mol. The molecule has 15 heavy (non-hydrogen) atoms. The fourth-order valence-electron chi connectivity index (χ4n) is 1.96. The molecule has 5 heteroatoms. The van der Waals surface area contributed by atoms with Gasteiger partial charge in [-0.15, -0.1) is 0 Å². The van der Waals surface area contributed by atoms with Crippen molar-refractivity contribution in [3.8, 4) is 0 Å². The third-order valence-electron chi connectivity index (χ3n) is 2.69. The van der Waals surface area contributed by atoms with Crippen LogP contribution in [0.5, 0.6) is 0 Å². The van der Waals surface area contributed by atoms with Gasteiger partial charge in [0.25, 0.3) is 0 Å². The van der Waals surface area contributed by atoms with E-state index in [4.69, 9.17) is 5.73 Å². The van der Waals surface area contributed by atoms with Crippen LogP contribution >= 0.6 is 15.9 Å². The van der Waals surface area contributed by atoms with Crippen LogP contribution in [0, 0.1) is 0 Å². The molecule has 1 aromatic heterocycles. The summed E-state index contributed by atoms with van der Waals surface area (Å²) in [6, 6.07) is 1.76. The Hall–Kier alpha value is -0.940. The van der Waals surface area contributed by atoms with Gasteiger partial charge >= 0.3 is 0 Å². The minimum absolute atomic E-state index is 0.0532. The standard InChI is InChI=1S/C10H12BrN3O/c1-14-9(15)3-8(12)10(14)6-2-7(11)5-13-4-6/h2,4-5,8,10H,3,12H2,1H3. The second-order valence-electron chi connectivity index (χ2n) is 3.75. The molecule has 2 atom stereocenters. The van der Waals surface area contributed by atoms with Crippen molar-refractivity contribution in [2.45, 2.75) is 18.5 Å². The number of nitrogens with two attached hydrogens (primary N) is 1. The first-order chi connectivity index (χ1) is 7.09. The molecule has 0 spiro atoms. The van der Waals surface area contributed by atoms with Gasteiger partial charge in [0.15, 0.2) is 0 Å². The van der Waals surface area contributed by atoms with E-state index < -0.39 is 0 Å². The minimum atomic E-state index is -0.140. The van der Waals surface area contributed by atoms with E-state index in [9.17, 15) is 4.79 Å². The molecule has 4 nitrogen and oxygen atoms in total. The fraction of sp³-hybridized carbons (Fsp3) is 0.400. The van der Waals surface area contributed by atoms with Crippen LogP contribution in [0.4, 0.5) is 0 Å². The number of likely N-dealkylation sites (N-methyl/N-ethyl adjacent to an activating group) is 1. The van der Waals surface area contributed by atoms with Crippen molar-refractivity contribution >= 4 is 21.8 Å². The molecule has 1 fully saturated rings. The summed E-state index contributed by atoms with van der Waals surface area (Å²) >= 11 is 3.36. The molecule has 1 aliphatic heterocycles. The zero-order valence-electron chi connectivity index (χ0n) is 8.35. The summed E-state index contributed by atoms with van der Waals surface area (Å²) in [5, 5.41) is 0. The Morgan fingerprint density at radius 2 is 2.33 bits per heavy atom. The van der Waals surface area contributed by atoms with E-state index in [1.807, 2.05) is 6.07 Å². The summed E-state index contributed by atoms with van der Waals surface area (Å²) < 4.78 is 0.903. The predicted molar refractivity (Wildman–Crippen MR) is 60.0 cm³/mol. The smallest absolute Gasteiger partial charge is 0.224 e. The number of halogens is 1. The van der Waals surface area contributed by atoms with E-state index in [1.54, 1.807) is 24.3 Å². The predicted octanol–water partition coefficient (Wildman–Crippen LogP) is 1.07. The van der Waals surface area contributed by atoms with Gasteiger partial charge in [0.1, 0.15) is 0 Å². The van der Waals surface area contributed by atoms with Gasteiger partial charge in [-0.1, -0.05) is 0 Å². The quantitative estimate of drug-likeness (QED) is 0.830. The fourth-order valence-corrected chi connectivity index (χ4v) is 2.34. The Balaban J connectivity index is 2.34. The van der Waals surface area contributed by atoms with Crippen molar-refractivity contribution in [2.24, 2.45) is 5.73 Å². The molecule has 1 aromatic rings. The Labute approximate surface area is 96.6 Å². The summed E-state index contributed by atoms with van der Waals surface area (Å²) in [4.78, 5) is 17.2. The number of likely N-dealkylation sites (tertiary alicyclic amines) is 1. The number of nitrogens with zero attached hydrogens (tertiary/aromatic N) is 2. The molecular weight excluding hydrogens is 258 g/mol. The van der Waals surface area contributed by atoms with Crippen molar-refractivity contribution in [3.63, 3.8) is 0 Å². The van der Waals surface area contributed by atoms with E-state index in [0.717, 1.165) is 10.0 Å². The van der Waals surface area contributed by atoms with Gasteiger partial charge in [-0.05, 0) is 27.6 Å². The highest BCUT2D eigenvalue weighted by atomic mass is 79.9. The zero-order valence-corrected chi connectivity index (χ0v) is 9.94. The first-order valence-corrected chi connectivity index (χ1v) is 5.50. The van der Waals surface area contributed by atoms with Crippen molar-refractivity contribution in [2.75, 3.05) is 7.05 Å². The maximum atomic E-state index is 11.5. The van der Waals surface area contributed by atoms with Crippen LogP contribution in [-0.4, -0.2) is 28.9 Å². The number of hydrogen-bond donors (Lipinski definition) is 1. The van der Waals surface area contributed by atoms with Gasteiger partial charge in [0, 0.05) is 36.4 Å². The second kappa shape index (κ2) is 3.90. The van der Waals surface area contributed by atoms with Crippen LogP contribution in [0.2, 0.25) is 0 Å². The lowest BCUT2D eigenvalue weighted by molar-refractivity contribution is -0.127. The van der Waals surface area contributed by atoms with Crippen molar-refractivity contribution in [1.29, 1.82) is 0 Å². The summed E-state index contributed by atoms with van der Waals surface area (Å²) in [7, 11) is 1.78. The maximum Gasteiger partial charge on any atom is 0.224 e. The molecule has 2 unspecified atom stereocenters. The minimum Gasteiger partial charge on any atom is -0.337 e. The van der Waals surface area contributed by atoms with Gasteiger partial charge in [-0.3, -0.25) is 9.78 Å². The average Bonchev–Trinajstić information content (AvgIpc) is 2.41. The van der Waals surface area contributed by atoms with Crippen LogP contribution in [0.3, 0.4) is 0 Å². The van der Waals surface area contributed by atoms with Crippen molar-refractivity contribution < 1.29 is 4.79 Å². The molecule has 1 aliphatic rings. The van der Waals surface area contributed by atoms with E-state index in [0.29, 0.717) is 6.42 Å². The van der Waals surface area contributed by atoms with E-state index in [-0.39, 0.29) is 18.0 Å². The molecule has 2 N–H and O–H groups in total. The number of hydrogen-bond acceptors (Lipinski definition) is 3. The van der Waals surface area contributed by atoms with Gasteiger partial charge in [0.2, 0.25) is 5.91 Å². The highest BCUT2D eigenvalue weighted by Gasteiger charge is 2.36. The Morgan fingerprint density at radius 3 is 2.87 bits per heavy atom. The molecule has 0 aliphatic carbocycles. The molecule has 1 amide bonds. The monoisotopic (exact) mass is 269 g/mol. The van der Waals surface area contributed by atoms with Crippen molar-refractivity contribution in [1.82, 2.24) is 9.88 Å². The Morgan fingerprint density at radius 1 is 1.60 bits per heavy atom. The lowest BCUT2D eigenvalue weighted by Gasteiger charge is -2.22. The maximum absolute atomic E-state index is 11.5. The summed E-state index contributed by atoms with van der Waals surface area (Å²) in [5.74, 6) is 0.0903. The third kappa shape index (κ3) is 1.89. The number of pyridine rings is 1. The van der Waals surface area contributed by atoms with Crippen LogP contribution in [0.1, 0.15) is 18.0 Å². The molecule has 2 heterocycles. The summed E-state index contributed by atoms with van der Waals surface area (Å²) in [5.41, 5.74) is 6.91. The van der Waals surface area contributed by atoms with E-state index >= 15 is 0 Å². The first-order valence-electron chi connectivity index (χ1n) is 4.71. The molecule has 2 rings (SSSR count). The Bertz CT molecular complexity index is 396. The summed E-state index contributed by atoms with van der Waals surface area (Å²) in [6.45, 7) is 0. The normalized spacial score (nSPS) is 26.1. The first kappa shape index (κ1) is 10.6. The van der Waals surface area contributed by atoms with Crippen LogP contribution < -0.4 is 5.73 Å². The molecule has 0 bridgehead atoms. The van der Waals surface area contributed by atoms with Crippen LogP contribution in [-0.2, 0) is 4.79 Å². The molecule has 0 saturated carbocycles. The zero-order chi connectivity index (χ0) is 11.0. The van der Waals surface area contributed by atoms with Gasteiger partial charge < -0.3 is 10.6 Å². The second-order valence-corrected chi connectivity index (χ2v) is 4.67. The topological polar surface area (TPSA) is 59.2 Å². The van der Waals surface area contributed by atoms with Crippen molar-refractivity contribution in [3.05, 3.63) is 28.5 Å². The van der Waals surface area contributed by atoms with Gasteiger partial charge in [0.05, 0.1) is 6.04 Å².